The average molecular weight is 226 g/mol. The van der Waals surface area contributed by atoms with Gasteiger partial charge in [0.05, 0.1) is 4.70 Å². The molecule has 0 spiro atoms. The van der Waals surface area contributed by atoms with E-state index in [0.29, 0.717) is 10.6 Å². The highest BCUT2D eigenvalue weighted by Gasteiger charge is 2.07. The Morgan fingerprint density at radius 1 is 1.57 bits per heavy atom. The molecule has 0 bridgehead atoms. The normalized spacial score (nSPS) is 10.9. The quantitative estimate of drug-likeness (QED) is 0.773. The van der Waals surface area contributed by atoms with Crippen LogP contribution in [0.25, 0.3) is 10.2 Å². The number of anilines is 1. The van der Waals surface area contributed by atoms with Gasteiger partial charge in [0.1, 0.15) is 11.3 Å². The molecule has 0 saturated carbocycles. The molecule has 3 nitrogen and oxygen atoms in total. The molecule has 1 aromatic carbocycles. The van der Waals surface area contributed by atoms with Crippen molar-refractivity contribution in [3.8, 4) is 5.75 Å². The third-order valence-electron chi connectivity index (χ3n) is 1.78. The summed E-state index contributed by atoms with van der Waals surface area (Å²) in [5, 5.41) is 10.2. The van der Waals surface area contributed by atoms with Crippen molar-refractivity contribution in [2.75, 3.05) is 11.5 Å². The lowest BCUT2D eigenvalue weighted by atomic mass is 10.3. The first kappa shape index (κ1) is 9.61. The second-order valence-electron chi connectivity index (χ2n) is 2.77. The van der Waals surface area contributed by atoms with Gasteiger partial charge in [-0.05, 0) is 17.9 Å². The van der Waals surface area contributed by atoms with Crippen molar-refractivity contribution in [1.82, 2.24) is 4.98 Å². The fraction of sp³-hybridized carbons (Fsp3) is 0.222. The van der Waals surface area contributed by atoms with Gasteiger partial charge >= 0.3 is 0 Å². The van der Waals surface area contributed by atoms with Gasteiger partial charge in [-0.2, -0.15) is 0 Å². The van der Waals surface area contributed by atoms with Crippen molar-refractivity contribution in [2.24, 2.45) is 0 Å². The molecule has 0 unspecified atom stereocenters. The van der Waals surface area contributed by atoms with E-state index in [9.17, 15) is 5.11 Å². The Labute approximate surface area is 90.0 Å². The Kier molecular flexibility index (Phi) is 2.52. The second-order valence-corrected chi connectivity index (χ2v) is 5.17. The van der Waals surface area contributed by atoms with Gasteiger partial charge in [-0.15, -0.1) is 11.8 Å². The molecular weight excluding hydrogens is 216 g/mol. The van der Waals surface area contributed by atoms with Crippen molar-refractivity contribution < 1.29 is 5.11 Å². The van der Waals surface area contributed by atoms with Gasteiger partial charge in [-0.25, -0.2) is 4.98 Å². The zero-order chi connectivity index (χ0) is 10.1. The number of aromatic hydroxyl groups is 1. The van der Waals surface area contributed by atoms with Crippen LogP contribution in [0.1, 0.15) is 6.92 Å². The zero-order valence-corrected chi connectivity index (χ0v) is 9.28. The molecule has 0 radical (unpaired) electrons. The van der Waals surface area contributed by atoms with Crippen LogP contribution < -0.4 is 5.73 Å². The van der Waals surface area contributed by atoms with Gasteiger partial charge < -0.3 is 10.8 Å². The molecule has 1 heterocycles. The number of nitrogen functional groups attached to an aromatic ring is 1. The average Bonchev–Trinajstić information content (AvgIpc) is 2.47. The summed E-state index contributed by atoms with van der Waals surface area (Å²) in [5.41, 5.74) is 6.18. The number of rotatable bonds is 2. The predicted molar refractivity (Wildman–Crippen MR) is 62.1 cm³/mol. The fourth-order valence-electron chi connectivity index (χ4n) is 1.25. The first-order chi connectivity index (χ1) is 6.70. The molecule has 0 amide bonds. The van der Waals surface area contributed by atoms with Crippen LogP contribution in [0, 0.1) is 0 Å². The number of phenols is 1. The van der Waals surface area contributed by atoms with E-state index in [1.807, 2.05) is 6.07 Å². The van der Waals surface area contributed by atoms with Crippen LogP contribution >= 0.6 is 23.1 Å². The summed E-state index contributed by atoms with van der Waals surface area (Å²) in [5.74, 6) is 1.20. The smallest absolute Gasteiger partial charge is 0.181 e. The molecule has 0 saturated heterocycles. The number of fused-ring (bicyclic) bond motifs is 1. The number of nitrogens with zero attached hydrogens (tertiary/aromatic N) is 1. The van der Waals surface area contributed by atoms with E-state index < -0.39 is 0 Å². The van der Waals surface area contributed by atoms with E-state index in [1.54, 1.807) is 17.8 Å². The summed E-state index contributed by atoms with van der Waals surface area (Å²) in [6.45, 7) is 2.08. The van der Waals surface area contributed by atoms with E-state index in [2.05, 4.69) is 11.9 Å². The summed E-state index contributed by atoms with van der Waals surface area (Å²) < 4.78 is 0.943. The highest BCUT2D eigenvalue weighted by atomic mass is 32.2. The summed E-state index contributed by atoms with van der Waals surface area (Å²) in [6, 6.07) is 3.74. The maximum absolute atomic E-state index is 9.67. The molecule has 0 aliphatic heterocycles. The number of benzene rings is 1. The summed E-state index contributed by atoms with van der Waals surface area (Å²) in [4.78, 5) is 5.11. The predicted octanol–water partition coefficient (Wildman–Crippen LogP) is 2.70. The summed E-state index contributed by atoms with van der Waals surface area (Å²) in [6.07, 6.45) is 0. The van der Waals surface area contributed by atoms with Gasteiger partial charge in [-0.3, -0.25) is 0 Å². The van der Waals surface area contributed by atoms with Gasteiger partial charge in [0.25, 0.3) is 0 Å². The monoisotopic (exact) mass is 226 g/mol. The van der Waals surface area contributed by atoms with Crippen LogP contribution in [0.3, 0.4) is 0 Å². The Morgan fingerprint density at radius 2 is 2.36 bits per heavy atom. The molecule has 0 aliphatic rings. The molecular formula is C9H10N2OS2. The largest absolute Gasteiger partial charge is 0.506 e. The van der Waals surface area contributed by atoms with Gasteiger partial charge in [0, 0.05) is 4.90 Å². The van der Waals surface area contributed by atoms with E-state index in [1.165, 1.54) is 11.3 Å². The van der Waals surface area contributed by atoms with Crippen LogP contribution in [0.2, 0.25) is 0 Å². The third-order valence-corrected chi connectivity index (χ3v) is 3.47. The van der Waals surface area contributed by atoms with Crippen LogP contribution in [0.15, 0.2) is 17.0 Å². The molecule has 0 atom stereocenters. The van der Waals surface area contributed by atoms with E-state index in [0.717, 1.165) is 15.3 Å². The standard InChI is InChI=1S/C9H10N2OS2/c1-2-13-5-3-6(12)8-7(4-5)14-9(10)11-8/h3-4,12H,2H2,1H3,(H2,10,11). The molecule has 2 rings (SSSR count). The van der Waals surface area contributed by atoms with Crippen molar-refractivity contribution >= 4 is 38.4 Å². The Morgan fingerprint density at radius 3 is 3.07 bits per heavy atom. The summed E-state index contributed by atoms with van der Waals surface area (Å²) in [7, 11) is 0. The maximum Gasteiger partial charge on any atom is 0.181 e. The molecule has 0 fully saturated rings. The minimum Gasteiger partial charge on any atom is -0.506 e. The van der Waals surface area contributed by atoms with Crippen molar-refractivity contribution in [3.05, 3.63) is 12.1 Å². The Bertz CT molecular complexity index is 467. The van der Waals surface area contributed by atoms with Gasteiger partial charge in [-0.1, -0.05) is 18.3 Å². The first-order valence-corrected chi connectivity index (χ1v) is 6.02. The molecule has 0 aliphatic carbocycles. The molecule has 2 aromatic rings. The highest BCUT2D eigenvalue weighted by Crippen LogP contribution is 2.34. The molecule has 1 aromatic heterocycles. The SMILES string of the molecule is CCSc1cc(O)c2nc(N)sc2c1. The van der Waals surface area contributed by atoms with Crippen molar-refractivity contribution in [2.45, 2.75) is 11.8 Å². The second kappa shape index (κ2) is 3.67. The number of nitrogens with two attached hydrogens (primary N) is 1. The fourth-order valence-corrected chi connectivity index (χ4v) is 2.85. The molecule has 14 heavy (non-hydrogen) atoms. The minimum absolute atomic E-state index is 0.214. The summed E-state index contributed by atoms with van der Waals surface area (Å²) >= 11 is 3.09. The number of aromatic nitrogens is 1. The molecule has 74 valence electrons. The number of hydrogen-bond acceptors (Lipinski definition) is 5. The lowest BCUT2D eigenvalue weighted by Crippen LogP contribution is -1.80. The van der Waals surface area contributed by atoms with Crippen LogP contribution in [0.4, 0.5) is 5.13 Å². The topological polar surface area (TPSA) is 59.1 Å². The van der Waals surface area contributed by atoms with E-state index in [-0.39, 0.29) is 5.75 Å². The molecule has 3 N–H and O–H groups in total. The number of hydrogen-bond donors (Lipinski definition) is 2. The highest BCUT2D eigenvalue weighted by molar-refractivity contribution is 7.99. The van der Waals surface area contributed by atoms with Crippen LogP contribution in [-0.2, 0) is 0 Å². The maximum atomic E-state index is 9.67. The number of thioether (sulfide) groups is 1. The van der Waals surface area contributed by atoms with E-state index >= 15 is 0 Å². The minimum atomic E-state index is 0.214. The first-order valence-electron chi connectivity index (χ1n) is 4.22. The Hall–Kier alpha value is -0.940. The number of thiazole rings is 1. The Balaban J connectivity index is 2.59. The van der Waals surface area contributed by atoms with Crippen molar-refractivity contribution in [3.63, 3.8) is 0 Å². The van der Waals surface area contributed by atoms with Gasteiger partial charge in [0.15, 0.2) is 5.13 Å². The molecule has 5 heteroatoms. The van der Waals surface area contributed by atoms with E-state index in [4.69, 9.17) is 5.73 Å². The van der Waals surface area contributed by atoms with Crippen molar-refractivity contribution in [1.29, 1.82) is 0 Å². The zero-order valence-electron chi connectivity index (χ0n) is 7.65. The number of phenolic OH excluding ortho intramolecular Hbond substituents is 1. The third kappa shape index (κ3) is 1.65. The lowest BCUT2D eigenvalue weighted by molar-refractivity contribution is 0.479. The van der Waals surface area contributed by atoms with Crippen LogP contribution in [0.5, 0.6) is 5.75 Å². The van der Waals surface area contributed by atoms with Gasteiger partial charge in [0.2, 0.25) is 0 Å². The van der Waals surface area contributed by atoms with Crippen LogP contribution in [-0.4, -0.2) is 15.8 Å². The lowest BCUT2D eigenvalue weighted by Gasteiger charge is -1.99.